The number of hydrogen-bond acceptors (Lipinski definition) is 4. The summed E-state index contributed by atoms with van der Waals surface area (Å²) in [5, 5.41) is 14.4. The van der Waals surface area contributed by atoms with Crippen LogP contribution in [0.2, 0.25) is 0 Å². The molecule has 0 aromatic carbocycles. The summed E-state index contributed by atoms with van der Waals surface area (Å²) in [6.45, 7) is 0.240. The van der Waals surface area contributed by atoms with Gasteiger partial charge in [0, 0.05) is 29.8 Å². The molecule has 0 saturated carbocycles. The van der Waals surface area contributed by atoms with E-state index >= 15 is 0 Å². The van der Waals surface area contributed by atoms with Crippen LogP contribution in [-0.4, -0.2) is 28.2 Å². The van der Waals surface area contributed by atoms with Crippen molar-refractivity contribution in [2.45, 2.75) is 12.6 Å². The minimum atomic E-state index is -0.816. The van der Waals surface area contributed by atoms with Crippen LogP contribution in [-0.2, 0) is 11.3 Å². The Balaban J connectivity index is 1.78. The summed E-state index contributed by atoms with van der Waals surface area (Å²) < 4.78 is 1.40. The Labute approximate surface area is 126 Å². The van der Waals surface area contributed by atoms with Crippen molar-refractivity contribution in [3.63, 3.8) is 0 Å². The lowest BCUT2D eigenvalue weighted by molar-refractivity contribution is -0.116. The molecule has 0 aliphatic carbocycles. The summed E-state index contributed by atoms with van der Waals surface area (Å²) >= 11 is 1.54. The van der Waals surface area contributed by atoms with E-state index < -0.39 is 6.10 Å². The number of aliphatic hydroxyl groups is 1. The van der Waals surface area contributed by atoms with Crippen LogP contribution in [0.25, 0.3) is 6.08 Å². The van der Waals surface area contributed by atoms with Crippen LogP contribution < -0.4 is 10.9 Å². The predicted octanol–water partition coefficient (Wildman–Crippen LogP) is 1.10. The minimum Gasteiger partial charge on any atom is -0.389 e. The number of nitrogens with one attached hydrogen (secondary N) is 1. The molecule has 1 amide bonds. The Morgan fingerprint density at radius 1 is 1.38 bits per heavy atom. The highest BCUT2D eigenvalue weighted by Crippen LogP contribution is 2.09. The summed E-state index contributed by atoms with van der Waals surface area (Å²) in [6.07, 6.45) is 3.93. The molecule has 1 atom stereocenters. The second kappa shape index (κ2) is 7.56. The number of thiophene rings is 1. The third-order valence-corrected chi connectivity index (χ3v) is 3.60. The van der Waals surface area contributed by atoms with E-state index in [1.165, 1.54) is 28.0 Å². The molecule has 0 aliphatic heterocycles. The van der Waals surface area contributed by atoms with Gasteiger partial charge in [0.1, 0.15) is 0 Å². The van der Waals surface area contributed by atoms with E-state index in [1.807, 2.05) is 17.5 Å². The molecule has 0 spiro atoms. The van der Waals surface area contributed by atoms with E-state index in [1.54, 1.807) is 24.4 Å². The number of pyridine rings is 1. The molecule has 0 bridgehead atoms. The highest BCUT2D eigenvalue weighted by Gasteiger charge is 2.07. The molecule has 1 unspecified atom stereocenters. The lowest BCUT2D eigenvalue weighted by Gasteiger charge is -2.12. The number of carbonyl (C=O) groups is 1. The number of nitrogens with zero attached hydrogens (tertiary/aromatic N) is 1. The fraction of sp³-hybridized carbons (Fsp3) is 0.200. The number of aromatic nitrogens is 1. The van der Waals surface area contributed by atoms with Crippen LogP contribution in [0.4, 0.5) is 0 Å². The van der Waals surface area contributed by atoms with Gasteiger partial charge in [-0.05, 0) is 23.6 Å². The molecule has 0 aliphatic rings. The van der Waals surface area contributed by atoms with E-state index in [-0.39, 0.29) is 24.6 Å². The zero-order valence-corrected chi connectivity index (χ0v) is 12.1. The average molecular weight is 304 g/mol. The normalized spacial score (nSPS) is 12.4. The smallest absolute Gasteiger partial charge is 0.250 e. The molecule has 0 saturated heterocycles. The first-order chi connectivity index (χ1) is 10.1. The number of amides is 1. The molecule has 2 aromatic heterocycles. The first-order valence-corrected chi connectivity index (χ1v) is 7.36. The van der Waals surface area contributed by atoms with Gasteiger partial charge in [-0.1, -0.05) is 12.1 Å². The van der Waals surface area contributed by atoms with E-state index in [0.717, 1.165) is 4.88 Å². The van der Waals surface area contributed by atoms with Gasteiger partial charge in [0.15, 0.2) is 0 Å². The topological polar surface area (TPSA) is 71.3 Å². The zero-order chi connectivity index (χ0) is 15.1. The highest BCUT2D eigenvalue weighted by atomic mass is 32.1. The molecule has 2 aromatic rings. The maximum absolute atomic E-state index is 11.6. The molecular weight excluding hydrogens is 288 g/mol. The fourth-order valence-corrected chi connectivity index (χ4v) is 2.34. The van der Waals surface area contributed by atoms with Crippen molar-refractivity contribution in [1.82, 2.24) is 9.88 Å². The molecule has 6 heteroatoms. The van der Waals surface area contributed by atoms with Gasteiger partial charge < -0.3 is 15.0 Å². The van der Waals surface area contributed by atoms with Gasteiger partial charge in [0.25, 0.3) is 5.56 Å². The van der Waals surface area contributed by atoms with Gasteiger partial charge in [-0.2, -0.15) is 0 Å². The molecule has 2 heterocycles. The van der Waals surface area contributed by atoms with Crippen molar-refractivity contribution in [3.05, 3.63) is 63.2 Å². The van der Waals surface area contributed by atoms with E-state index in [0.29, 0.717) is 0 Å². The minimum absolute atomic E-state index is 0.0922. The van der Waals surface area contributed by atoms with Crippen molar-refractivity contribution in [1.29, 1.82) is 0 Å². The molecule has 110 valence electrons. The van der Waals surface area contributed by atoms with Crippen LogP contribution in [0.1, 0.15) is 4.88 Å². The van der Waals surface area contributed by atoms with Crippen molar-refractivity contribution in [3.8, 4) is 0 Å². The molecular formula is C15H16N2O3S. The van der Waals surface area contributed by atoms with Gasteiger partial charge in [-0.3, -0.25) is 9.59 Å². The predicted molar refractivity (Wildman–Crippen MR) is 83.1 cm³/mol. The molecule has 0 radical (unpaired) electrons. The third kappa shape index (κ3) is 5.02. The van der Waals surface area contributed by atoms with E-state index in [9.17, 15) is 14.7 Å². The van der Waals surface area contributed by atoms with Crippen LogP contribution in [0.15, 0.2) is 52.8 Å². The maximum atomic E-state index is 11.6. The number of aliphatic hydroxyl groups excluding tert-OH is 1. The highest BCUT2D eigenvalue weighted by molar-refractivity contribution is 7.10. The Kier molecular flexibility index (Phi) is 5.48. The van der Waals surface area contributed by atoms with E-state index in [4.69, 9.17) is 0 Å². The summed E-state index contributed by atoms with van der Waals surface area (Å²) in [7, 11) is 0. The van der Waals surface area contributed by atoms with Gasteiger partial charge in [-0.25, -0.2) is 0 Å². The second-order valence-electron chi connectivity index (χ2n) is 4.44. The van der Waals surface area contributed by atoms with Crippen LogP contribution in [0.5, 0.6) is 0 Å². The molecule has 2 rings (SSSR count). The molecule has 5 nitrogen and oxygen atoms in total. The largest absolute Gasteiger partial charge is 0.389 e. The summed E-state index contributed by atoms with van der Waals surface area (Å²) in [5.41, 5.74) is -0.180. The molecule has 21 heavy (non-hydrogen) atoms. The summed E-state index contributed by atoms with van der Waals surface area (Å²) in [5.74, 6) is -0.275. The molecule has 0 fully saturated rings. The monoisotopic (exact) mass is 304 g/mol. The SMILES string of the molecule is O=C(/C=C/c1cccs1)NCC(O)Cn1ccccc1=O. The number of rotatable bonds is 6. The van der Waals surface area contributed by atoms with Crippen molar-refractivity contribution >= 4 is 23.3 Å². The van der Waals surface area contributed by atoms with Crippen molar-refractivity contribution < 1.29 is 9.90 Å². The van der Waals surface area contributed by atoms with Crippen LogP contribution in [0.3, 0.4) is 0 Å². The summed E-state index contributed by atoms with van der Waals surface area (Å²) in [4.78, 5) is 24.1. The van der Waals surface area contributed by atoms with Gasteiger partial charge >= 0.3 is 0 Å². The summed E-state index contributed by atoms with van der Waals surface area (Å²) in [6, 6.07) is 8.60. The Hall–Kier alpha value is -2.18. The fourth-order valence-electron chi connectivity index (χ4n) is 1.72. The number of carbonyl (C=O) groups excluding carboxylic acids is 1. The maximum Gasteiger partial charge on any atom is 0.250 e. The van der Waals surface area contributed by atoms with Crippen LogP contribution in [0, 0.1) is 0 Å². The Bertz CT molecular complexity index is 662. The zero-order valence-electron chi connectivity index (χ0n) is 11.3. The lowest BCUT2D eigenvalue weighted by Crippen LogP contribution is -2.35. The first kappa shape index (κ1) is 15.2. The van der Waals surface area contributed by atoms with Gasteiger partial charge in [-0.15, -0.1) is 11.3 Å². The third-order valence-electron chi connectivity index (χ3n) is 2.76. The quantitative estimate of drug-likeness (QED) is 0.785. The van der Waals surface area contributed by atoms with Crippen molar-refractivity contribution in [2.24, 2.45) is 0 Å². The average Bonchev–Trinajstić information content (AvgIpc) is 2.99. The van der Waals surface area contributed by atoms with Crippen molar-refractivity contribution in [2.75, 3.05) is 6.54 Å². The van der Waals surface area contributed by atoms with Gasteiger partial charge in [0.05, 0.1) is 12.6 Å². The molecule has 2 N–H and O–H groups in total. The lowest BCUT2D eigenvalue weighted by atomic mass is 10.3. The number of hydrogen-bond donors (Lipinski definition) is 2. The van der Waals surface area contributed by atoms with E-state index in [2.05, 4.69) is 5.32 Å². The Morgan fingerprint density at radius 3 is 2.95 bits per heavy atom. The van der Waals surface area contributed by atoms with Crippen LogP contribution >= 0.6 is 11.3 Å². The van der Waals surface area contributed by atoms with Gasteiger partial charge in [0.2, 0.25) is 5.91 Å². The standard InChI is InChI=1S/C15H16N2O3S/c18-12(11-17-8-2-1-5-15(17)20)10-16-14(19)7-6-13-4-3-9-21-13/h1-9,12,18H,10-11H2,(H,16,19)/b7-6+. The first-order valence-electron chi connectivity index (χ1n) is 6.48. The Morgan fingerprint density at radius 2 is 2.24 bits per heavy atom. The second-order valence-corrected chi connectivity index (χ2v) is 5.42.